The van der Waals surface area contributed by atoms with Crippen LogP contribution >= 0.6 is 15.9 Å². The van der Waals surface area contributed by atoms with Crippen molar-refractivity contribution < 1.29 is 23.8 Å². The number of nitrogens with one attached hydrogen (secondary N) is 1. The molecular weight excluding hydrogens is 476 g/mol. The van der Waals surface area contributed by atoms with Crippen molar-refractivity contribution in [3.8, 4) is 17.2 Å². The molecule has 1 N–H and O–H groups in total. The quantitative estimate of drug-likeness (QED) is 0.497. The zero-order valence-electron chi connectivity index (χ0n) is 19.2. The van der Waals surface area contributed by atoms with Crippen molar-refractivity contribution in [3.63, 3.8) is 0 Å². The third-order valence-electron chi connectivity index (χ3n) is 4.78. The van der Waals surface area contributed by atoms with Gasteiger partial charge in [-0.05, 0) is 30.5 Å². The van der Waals surface area contributed by atoms with E-state index in [1.807, 2.05) is 38.1 Å². The fourth-order valence-electron chi connectivity index (χ4n) is 2.96. The number of benzene rings is 2. The molecule has 0 aliphatic heterocycles. The maximum absolute atomic E-state index is 13.1. The number of hydrogen-bond acceptors (Lipinski definition) is 5. The van der Waals surface area contributed by atoms with Crippen molar-refractivity contribution in [2.75, 3.05) is 27.4 Å². The highest BCUT2D eigenvalue weighted by Crippen LogP contribution is 2.27. The predicted molar refractivity (Wildman–Crippen MR) is 127 cm³/mol. The zero-order chi connectivity index (χ0) is 23.7. The molecule has 0 saturated carbocycles. The maximum atomic E-state index is 13.1. The number of carbonyl (C=O) groups excluding carboxylic acids is 2. The van der Waals surface area contributed by atoms with Crippen molar-refractivity contribution in [1.82, 2.24) is 10.2 Å². The van der Waals surface area contributed by atoms with Gasteiger partial charge in [-0.25, -0.2) is 0 Å². The topological polar surface area (TPSA) is 77.1 Å². The maximum Gasteiger partial charge on any atom is 0.261 e. The number of nitrogens with zero attached hydrogens (tertiary/aromatic N) is 1. The van der Waals surface area contributed by atoms with E-state index in [0.717, 1.165) is 10.0 Å². The fourth-order valence-corrected chi connectivity index (χ4v) is 3.41. The van der Waals surface area contributed by atoms with Gasteiger partial charge in [0.2, 0.25) is 5.91 Å². The lowest BCUT2D eigenvalue weighted by molar-refractivity contribution is -0.142. The summed E-state index contributed by atoms with van der Waals surface area (Å²) < 4.78 is 17.1. The first-order valence-electron chi connectivity index (χ1n) is 10.4. The molecule has 8 heteroatoms. The van der Waals surface area contributed by atoms with Crippen LogP contribution in [0.4, 0.5) is 0 Å². The van der Waals surface area contributed by atoms with Gasteiger partial charge < -0.3 is 24.4 Å². The van der Waals surface area contributed by atoms with E-state index in [0.29, 0.717) is 29.7 Å². The Morgan fingerprint density at radius 3 is 2.19 bits per heavy atom. The summed E-state index contributed by atoms with van der Waals surface area (Å²) in [5.41, 5.74) is 0.902. The Hall–Kier alpha value is -2.74. The lowest BCUT2D eigenvalue weighted by Crippen LogP contribution is -2.49. The van der Waals surface area contributed by atoms with Gasteiger partial charge in [-0.3, -0.25) is 9.59 Å². The van der Waals surface area contributed by atoms with E-state index < -0.39 is 6.04 Å². The summed E-state index contributed by atoms with van der Waals surface area (Å²) in [6.45, 7) is 6.35. The van der Waals surface area contributed by atoms with E-state index in [4.69, 9.17) is 14.2 Å². The van der Waals surface area contributed by atoms with Crippen LogP contribution in [0.1, 0.15) is 26.3 Å². The average Bonchev–Trinajstić information content (AvgIpc) is 2.78. The third kappa shape index (κ3) is 7.75. The third-order valence-corrected chi connectivity index (χ3v) is 5.27. The number of rotatable bonds is 11. The second-order valence-corrected chi connectivity index (χ2v) is 8.72. The van der Waals surface area contributed by atoms with Crippen molar-refractivity contribution in [2.45, 2.75) is 33.4 Å². The normalized spacial score (nSPS) is 11.6. The van der Waals surface area contributed by atoms with E-state index in [1.54, 1.807) is 39.3 Å². The van der Waals surface area contributed by atoms with Crippen LogP contribution < -0.4 is 19.5 Å². The van der Waals surface area contributed by atoms with Crippen molar-refractivity contribution in [2.24, 2.45) is 5.92 Å². The molecule has 2 aromatic carbocycles. The van der Waals surface area contributed by atoms with Crippen LogP contribution in [0.3, 0.4) is 0 Å². The van der Waals surface area contributed by atoms with Crippen LogP contribution in [0.25, 0.3) is 0 Å². The second-order valence-electron chi connectivity index (χ2n) is 7.80. The van der Waals surface area contributed by atoms with Gasteiger partial charge in [0.1, 0.15) is 23.3 Å². The number of carbonyl (C=O) groups is 2. The molecule has 0 bridgehead atoms. The highest BCUT2D eigenvalue weighted by atomic mass is 79.9. The van der Waals surface area contributed by atoms with Crippen LogP contribution in [0, 0.1) is 5.92 Å². The Labute approximate surface area is 198 Å². The van der Waals surface area contributed by atoms with Crippen LogP contribution in [0.2, 0.25) is 0 Å². The molecule has 0 aliphatic carbocycles. The van der Waals surface area contributed by atoms with Crippen molar-refractivity contribution in [3.05, 3.63) is 52.5 Å². The zero-order valence-corrected chi connectivity index (χ0v) is 20.8. The molecule has 7 nitrogen and oxygen atoms in total. The van der Waals surface area contributed by atoms with Gasteiger partial charge in [0.25, 0.3) is 5.91 Å². The van der Waals surface area contributed by atoms with E-state index in [2.05, 4.69) is 21.2 Å². The smallest absolute Gasteiger partial charge is 0.261 e. The molecule has 0 spiro atoms. The molecule has 174 valence electrons. The van der Waals surface area contributed by atoms with E-state index in [9.17, 15) is 9.59 Å². The van der Waals surface area contributed by atoms with Crippen LogP contribution in [0.15, 0.2) is 46.9 Å². The van der Waals surface area contributed by atoms with E-state index in [1.165, 1.54) is 4.90 Å². The highest BCUT2D eigenvalue weighted by molar-refractivity contribution is 9.10. The Morgan fingerprint density at radius 1 is 1.00 bits per heavy atom. The molecule has 1 atom stereocenters. The summed E-state index contributed by atoms with van der Waals surface area (Å²) in [6, 6.07) is 12.0. The molecule has 0 aliphatic rings. The van der Waals surface area contributed by atoms with Crippen LogP contribution in [-0.2, 0) is 16.1 Å². The summed E-state index contributed by atoms with van der Waals surface area (Å²) in [6.07, 6.45) is 0. The summed E-state index contributed by atoms with van der Waals surface area (Å²) in [5.74, 6) is 1.35. The molecule has 32 heavy (non-hydrogen) atoms. The van der Waals surface area contributed by atoms with E-state index in [-0.39, 0.29) is 25.0 Å². The first-order chi connectivity index (χ1) is 15.2. The first-order valence-corrected chi connectivity index (χ1v) is 11.2. The standard InChI is InChI=1S/C24H31BrN2O5/c1-16(2)13-26-24(29)17(3)27(14-18-7-6-8-19(25)9-18)23(28)15-32-22-11-20(30-4)10-21(12-22)31-5/h6-12,16-17H,13-15H2,1-5H3,(H,26,29). The molecule has 0 fully saturated rings. The second kappa shape index (κ2) is 12.3. The van der Waals surface area contributed by atoms with Gasteiger partial charge >= 0.3 is 0 Å². The summed E-state index contributed by atoms with van der Waals surface area (Å²) in [4.78, 5) is 27.4. The highest BCUT2D eigenvalue weighted by Gasteiger charge is 2.26. The lowest BCUT2D eigenvalue weighted by atomic mass is 10.1. The Balaban J connectivity index is 2.18. The summed E-state index contributed by atoms with van der Waals surface area (Å²) in [5, 5.41) is 2.90. The molecule has 0 radical (unpaired) electrons. The number of halogens is 1. The predicted octanol–water partition coefficient (Wildman–Crippen LogP) is 4.03. The Morgan fingerprint density at radius 2 is 1.62 bits per heavy atom. The van der Waals surface area contributed by atoms with Crippen LogP contribution in [0.5, 0.6) is 17.2 Å². The molecule has 2 rings (SSSR count). The van der Waals surface area contributed by atoms with Gasteiger partial charge in [-0.15, -0.1) is 0 Å². The first kappa shape index (κ1) is 25.5. The Bertz CT molecular complexity index is 897. The average molecular weight is 507 g/mol. The lowest BCUT2D eigenvalue weighted by Gasteiger charge is -2.29. The van der Waals surface area contributed by atoms with Gasteiger partial charge in [0, 0.05) is 35.8 Å². The number of ether oxygens (including phenoxy) is 3. The van der Waals surface area contributed by atoms with Crippen molar-refractivity contribution in [1.29, 1.82) is 0 Å². The minimum Gasteiger partial charge on any atom is -0.496 e. The van der Waals surface area contributed by atoms with Gasteiger partial charge in [0.15, 0.2) is 6.61 Å². The number of methoxy groups -OCH3 is 2. The summed E-state index contributed by atoms with van der Waals surface area (Å²) in [7, 11) is 3.09. The number of hydrogen-bond donors (Lipinski definition) is 1. The van der Waals surface area contributed by atoms with Crippen LogP contribution in [-0.4, -0.2) is 50.1 Å². The monoisotopic (exact) mass is 506 g/mol. The van der Waals surface area contributed by atoms with Gasteiger partial charge in [0.05, 0.1) is 14.2 Å². The van der Waals surface area contributed by atoms with Gasteiger partial charge in [-0.1, -0.05) is 41.9 Å². The Kier molecular flexibility index (Phi) is 9.84. The SMILES string of the molecule is COc1cc(OC)cc(OCC(=O)N(Cc2cccc(Br)c2)C(C)C(=O)NCC(C)C)c1. The molecule has 0 aromatic heterocycles. The largest absolute Gasteiger partial charge is 0.496 e. The minimum absolute atomic E-state index is 0.204. The fraction of sp³-hybridized carbons (Fsp3) is 0.417. The molecule has 0 saturated heterocycles. The minimum atomic E-state index is -0.663. The molecular formula is C24H31BrN2O5. The summed E-state index contributed by atoms with van der Waals surface area (Å²) >= 11 is 3.45. The van der Waals surface area contributed by atoms with Gasteiger partial charge in [-0.2, -0.15) is 0 Å². The molecule has 2 amide bonds. The molecule has 1 unspecified atom stereocenters. The van der Waals surface area contributed by atoms with E-state index >= 15 is 0 Å². The molecule has 0 heterocycles. The number of amides is 2. The molecule has 2 aromatic rings. The van der Waals surface area contributed by atoms with Crippen molar-refractivity contribution >= 4 is 27.7 Å².